The lowest BCUT2D eigenvalue weighted by Gasteiger charge is -2.28. The second-order valence-corrected chi connectivity index (χ2v) is 25.2. The summed E-state index contributed by atoms with van der Waals surface area (Å²) in [5.41, 5.74) is 0. The minimum absolute atomic E-state index is 0.0446. The Labute approximate surface area is 501 Å². The predicted molar refractivity (Wildman–Crippen MR) is 346 cm³/mol. The highest BCUT2D eigenvalue weighted by Gasteiger charge is 2.22. The Hall–Kier alpha value is -2.81. The number of carbonyl (C=O) groups is 2. The number of phosphoric acid groups is 1. The number of hydrogen-bond donors (Lipinski definition) is 0. The molecular weight excluding hydrogens is 1030 g/mol. The van der Waals surface area contributed by atoms with Crippen molar-refractivity contribution >= 4 is 19.8 Å². The van der Waals surface area contributed by atoms with Crippen molar-refractivity contribution < 1.29 is 42.1 Å². The van der Waals surface area contributed by atoms with Crippen LogP contribution in [0.25, 0.3) is 0 Å². The van der Waals surface area contributed by atoms with Gasteiger partial charge >= 0.3 is 11.9 Å². The van der Waals surface area contributed by atoms with Crippen molar-refractivity contribution in [2.75, 3.05) is 47.5 Å². The lowest BCUT2D eigenvalue weighted by molar-refractivity contribution is -0.870. The van der Waals surface area contributed by atoms with Crippen molar-refractivity contribution in [3.05, 3.63) is 85.1 Å². The first-order valence-electron chi connectivity index (χ1n) is 33.8. The Balaban J connectivity index is 4.07. The molecule has 2 unspecified atom stereocenters. The second-order valence-electron chi connectivity index (χ2n) is 23.8. The summed E-state index contributed by atoms with van der Waals surface area (Å²) in [6.45, 7) is 4.09. The summed E-state index contributed by atoms with van der Waals surface area (Å²) in [6, 6.07) is 0. The van der Waals surface area contributed by atoms with Crippen LogP contribution in [0.3, 0.4) is 0 Å². The summed E-state index contributed by atoms with van der Waals surface area (Å²) in [7, 11) is 1.13. The van der Waals surface area contributed by atoms with Gasteiger partial charge in [-0.05, 0) is 64.2 Å². The fourth-order valence-electron chi connectivity index (χ4n) is 9.53. The maximum Gasteiger partial charge on any atom is 0.306 e. The van der Waals surface area contributed by atoms with Crippen LogP contribution in [0.4, 0.5) is 0 Å². The van der Waals surface area contributed by atoms with E-state index in [1.165, 1.54) is 199 Å². The molecule has 0 aromatic carbocycles. The number of nitrogens with zero attached hydrogens (tertiary/aromatic N) is 1. The van der Waals surface area contributed by atoms with Gasteiger partial charge in [0.25, 0.3) is 7.82 Å². The van der Waals surface area contributed by atoms with E-state index in [-0.39, 0.29) is 26.1 Å². The second kappa shape index (κ2) is 61.7. The number of unbranched alkanes of at least 4 members (excludes halogenated alkanes) is 34. The van der Waals surface area contributed by atoms with Crippen molar-refractivity contribution in [1.29, 1.82) is 0 Å². The highest BCUT2D eigenvalue weighted by atomic mass is 31.2. The van der Waals surface area contributed by atoms with Crippen LogP contribution in [-0.2, 0) is 32.7 Å². The summed E-state index contributed by atoms with van der Waals surface area (Å²) in [6.07, 6.45) is 84.0. The molecule has 0 radical (unpaired) electrons. The molecule has 0 fully saturated rings. The van der Waals surface area contributed by atoms with E-state index in [1.54, 1.807) is 0 Å². The maximum absolute atomic E-state index is 12.8. The van der Waals surface area contributed by atoms with Gasteiger partial charge in [0.05, 0.1) is 27.7 Å². The zero-order valence-corrected chi connectivity index (χ0v) is 54.4. The number of likely N-dealkylation sites (N-methyl/N-ethyl adjacent to an activating group) is 1. The van der Waals surface area contributed by atoms with Crippen LogP contribution >= 0.6 is 7.82 Å². The average Bonchev–Trinajstić information content (AvgIpc) is 3.43. The number of rotatable bonds is 62. The summed E-state index contributed by atoms with van der Waals surface area (Å²) >= 11 is 0. The molecule has 0 N–H and O–H groups in total. The Kier molecular flexibility index (Phi) is 59.6. The van der Waals surface area contributed by atoms with E-state index >= 15 is 0 Å². The number of hydrogen-bond acceptors (Lipinski definition) is 8. The van der Waals surface area contributed by atoms with Gasteiger partial charge in [-0.3, -0.25) is 14.2 Å². The zero-order chi connectivity index (χ0) is 59.1. The molecule has 10 heteroatoms. The minimum Gasteiger partial charge on any atom is -0.756 e. The van der Waals surface area contributed by atoms with Crippen molar-refractivity contribution in [3.63, 3.8) is 0 Å². The molecule has 9 nitrogen and oxygen atoms in total. The van der Waals surface area contributed by atoms with Gasteiger partial charge in [-0.2, -0.15) is 0 Å². The monoisotopic (exact) mass is 1150 g/mol. The molecular formula is C71H128NO8P. The van der Waals surface area contributed by atoms with E-state index in [0.717, 1.165) is 64.2 Å². The first kappa shape index (κ1) is 78.2. The number of quaternary nitrogens is 1. The molecule has 0 aromatic rings. The van der Waals surface area contributed by atoms with Crippen molar-refractivity contribution in [3.8, 4) is 0 Å². The van der Waals surface area contributed by atoms with Gasteiger partial charge in [-0.25, -0.2) is 0 Å². The first-order valence-corrected chi connectivity index (χ1v) is 35.3. The first-order chi connectivity index (χ1) is 39.5. The van der Waals surface area contributed by atoms with Crippen LogP contribution in [0.2, 0.25) is 0 Å². The summed E-state index contributed by atoms with van der Waals surface area (Å²) in [5.74, 6) is -0.897. The summed E-state index contributed by atoms with van der Waals surface area (Å²) < 4.78 is 34.2. The molecule has 0 rings (SSSR count). The van der Waals surface area contributed by atoms with Crippen LogP contribution in [0.15, 0.2) is 85.1 Å². The lowest BCUT2D eigenvalue weighted by atomic mass is 10.0. The Morgan fingerprint density at radius 3 is 1.04 bits per heavy atom. The molecule has 0 spiro atoms. The van der Waals surface area contributed by atoms with E-state index in [0.29, 0.717) is 23.9 Å². The molecule has 0 aliphatic carbocycles. The molecule has 2 atom stereocenters. The number of allylic oxidation sites excluding steroid dienone is 14. The smallest absolute Gasteiger partial charge is 0.306 e. The molecule has 0 aromatic heterocycles. The van der Waals surface area contributed by atoms with E-state index in [1.807, 2.05) is 27.2 Å². The van der Waals surface area contributed by atoms with Crippen LogP contribution in [0.1, 0.15) is 303 Å². The van der Waals surface area contributed by atoms with Gasteiger partial charge in [-0.1, -0.05) is 311 Å². The number of ether oxygens (including phenoxy) is 2. The third kappa shape index (κ3) is 66.2. The van der Waals surface area contributed by atoms with Crippen molar-refractivity contribution in [2.24, 2.45) is 0 Å². The molecule has 0 bridgehead atoms. The molecule has 0 aliphatic rings. The number of esters is 2. The average molecular weight is 1150 g/mol. The Bertz CT molecular complexity index is 1640. The van der Waals surface area contributed by atoms with E-state index in [4.69, 9.17) is 18.5 Å². The van der Waals surface area contributed by atoms with Gasteiger partial charge in [0, 0.05) is 12.8 Å². The molecule has 0 heterocycles. The number of carbonyl (C=O) groups excluding carboxylic acids is 2. The largest absolute Gasteiger partial charge is 0.756 e. The zero-order valence-electron chi connectivity index (χ0n) is 53.5. The third-order valence-electron chi connectivity index (χ3n) is 14.7. The topological polar surface area (TPSA) is 111 Å². The van der Waals surface area contributed by atoms with Crippen LogP contribution in [0, 0.1) is 0 Å². The van der Waals surface area contributed by atoms with Crippen LogP contribution in [0.5, 0.6) is 0 Å². The van der Waals surface area contributed by atoms with Gasteiger partial charge in [0.1, 0.15) is 19.8 Å². The molecule has 470 valence electrons. The fourth-order valence-corrected chi connectivity index (χ4v) is 10.3. The summed E-state index contributed by atoms with van der Waals surface area (Å²) in [4.78, 5) is 38.0. The molecule has 0 saturated carbocycles. The highest BCUT2D eigenvalue weighted by molar-refractivity contribution is 7.45. The molecule has 81 heavy (non-hydrogen) atoms. The molecule has 0 aliphatic heterocycles. The molecule has 0 amide bonds. The van der Waals surface area contributed by atoms with Crippen molar-refractivity contribution in [2.45, 2.75) is 309 Å². The van der Waals surface area contributed by atoms with E-state index < -0.39 is 32.5 Å². The fraction of sp³-hybridized carbons (Fsp3) is 0.775. The van der Waals surface area contributed by atoms with E-state index in [2.05, 4.69) is 92.8 Å². The van der Waals surface area contributed by atoms with E-state index in [9.17, 15) is 19.0 Å². The standard InChI is InChI=1S/C71H128NO8P/c1-6-8-10-12-14-16-18-20-22-24-26-28-30-31-32-33-34-35-36-37-38-39-40-42-43-45-47-49-51-53-55-57-59-61-63-70(73)77-67-69(68-79-81(75,76)78-66-65-72(3,4)5)80-71(74)64-62-60-58-56-54-52-50-48-46-44-41-29-27-25-23-21-19-17-15-13-11-9-7-2/h9,11,15,17,21,23,27,29,44,46,50,52,56,58,69H,6-8,10,12-14,16,18-20,22,24-26,28,30-43,45,47-49,51,53-55,57,59-68H2,1-5H3/b11-9-,17-15-,23-21-,29-27-,46-44-,52-50-,58-56-. The molecule has 0 saturated heterocycles. The maximum atomic E-state index is 12.8. The van der Waals surface area contributed by atoms with Gasteiger partial charge in [0.2, 0.25) is 0 Å². The number of phosphoric ester groups is 1. The SMILES string of the molecule is CC/C=C\C/C=C\C/C=C\C/C=C\C/C=C\C/C=C\C/C=C\CCCC(=O)OC(COC(=O)CCCCCCCCCCCCCCCCCCCCCCCCCCCCCCCCCCCC)COP(=O)([O-])OCC[N+](C)(C)C. The Morgan fingerprint density at radius 1 is 0.395 bits per heavy atom. The van der Waals surface area contributed by atoms with Crippen molar-refractivity contribution in [1.82, 2.24) is 0 Å². The third-order valence-corrected chi connectivity index (χ3v) is 15.6. The van der Waals surface area contributed by atoms with Gasteiger partial charge in [0.15, 0.2) is 6.10 Å². The van der Waals surface area contributed by atoms with Crippen LogP contribution < -0.4 is 4.89 Å². The van der Waals surface area contributed by atoms with Gasteiger partial charge in [-0.15, -0.1) is 0 Å². The van der Waals surface area contributed by atoms with Crippen LogP contribution in [-0.4, -0.2) is 70.0 Å². The highest BCUT2D eigenvalue weighted by Crippen LogP contribution is 2.38. The van der Waals surface area contributed by atoms with Gasteiger partial charge < -0.3 is 27.9 Å². The predicted octanol–water partition coefficient (Wildman–Crippen LogP) is 21.1. The normalized spacial score (nSPS) is 13.7. The summed E-state index contributed by atoms with van der Waals surface area (Å²) in [5, 5.41) is 0. The minimum atomic E-state index is -4.66. The Morgan fingerprint density at radius 2 is 0.704 bits per heavy atom. The lowest BCUT2D eigenvalue weighted by Crippen LogP contribution is -2.37. The quantitative estimate of drug-likeness (QED) is 0.0195.